The molecule has 0 amide bonds. The average molecular weight is 444 g/mol. The lowest BCUT2D eigenvalue weighted by atomic mass is 10.1. The number of rotatable bonds is 6. The highest BCUT2D eigenvalue weighted by molar-refractivity contribution is 5.77. The Morgan fingerprint density at radius 2 is 2.00 bits per heavy atom. The minimum Gasteiger partial charge on any atom is -0.380 e. The molecule has 170 valence electrons. The van der Waals surface area contributed by atoms with Gasteiger partial charge >= 0.3 is 0 Å². The first-order valence-corrected chi connectivity index (χ1v) is 11.1. The summed E-state index contributed by atoms with van der Waals surface area (Å²) >= 11 is 0. The number of anilines is 2. The number of likely N-dealkylation sites (tertiary alicyclic amines) is 1. The maximum atomic E-state index is 10.7. The number of aromatic nitrogens is 1. The molecule has 0 bridgehead atoms. The topological polar surface area (TPSA) is 78.9 Å². The molecule has 0 unspecified atom stereocenters. The Bertz CT molecular complexity index is 1110. The van der Waals surface area contributed by atoms with E-state index in [-0.39, 0.29) is 0 Å². The van der Waals surface area contributed by atoms with Gasteiger partial charge in [0.1, 0.15) is 17.8 Å². The molecule has 1 saturated heterocycles. The van der Waals surface area contributed by atoms with Crippen LogP contribution in [0.4, 0.5) is 17.2 Å². The molecule has 0 aliphatic carbocycles. The van der Waals surface area contributed by atoms with Gasteiger partial charge in [0, 0.05) is 31.1 Å². The molecule has 5 rings (SSSR count). The predicted octanol–water partition coefficient (Wildman–Crippen LogP) is 4.67. The van der Waals surface area contributed by atoms with Gasteiger partial charge in [0.15, 0.2) is 5.75 Å². The number of aliphatic imine (C=N–C) groups is 1. The van der Waals surface area contributed by atoms with E-state index in [9.17, 15) is 4.79 Å². The van der Waals surface area contributed by atoms with Crippen molar-refractivity contribution in [1.29, 1.82) is 0 Å². The quantitative estimate of drug-likeness (QED) is 0.426. The van der Waals surface area contributed by atoms with E-state index in [1.54, 1.807) is 6.07 Å². The van der Waals surface area contributed by atoms with Crippen LogP contribution in [0.5, 0.6) is 5.75 Å². The Kier molecular flexibility index (Phi) is 7.32. The normalized spacial score (nSPS) is 14.8. The van der Waals surface area contributed by atoms with Crippen molar-refractivity contribution in [3.63, 3.8) is 0 Å². The molecular formula is C26H29N5O2. The number of carbonyl (C=O) groups is 1. The van der Waals surface area contributed by atoms with E-state index >= 15 is 0 Å². The first-order chi connectivity index (χ1) is 16.1. The molecule has 0 radical (unpaired) electrons. The number of fused-ring (bicyclic) bond motifs is 1. The fraction of sp³-hybridized carbons (Fsp3) is 0.269. The molecule has 2 aliphatic rings. The molecule has 1 fully saturated rings. The Morgan fingerprint density at radius 3 is 2.73 bits per heavy atom. The summed E-state index contributed by atoms with van der Waals surface area (Å²) in [7, 11) is 2.12. The Balaban J connectivity index is 0.000000183. The molecular weight excluding hydrogens is 414 g/mol. The molecule has 0 atom stereocenters. The van der Waals surface area contributed by atoms with Gasteiger partial charge < -0.3 is 15.1 Å². The smallest absolute Gasteiger partial charge is 0.180 e. The Labute approximate surface area is 194 Å². The summed E-state index contributed by atoms with van der Waals surface area (Å²) in [5, 5.41) is 3.36. The lowest BCUT2D eigenvalue weighted by Gasteiger charge is -2.36. The van der Waals surface area contributed by atoms with Crippen molar-refractivity contribution in [3.8, 4) is 5.75 Å². The van der Waals surface area contributed by atoms with Crippen LogP contribution in [0, 0.1) is 6.92 Å². The first kappa shape index (κ1) is 22.5. The van der Waals surface area contributed by atoms with Crippen LogP contribution in [0.2, 0.25) is 0 Å². The van der Waals surface area contributed by atoms with Crippen LogP contribution in [0.3, 0.4) is 0 Å². The van der Waals surface area contributed by atoms with Gasteiger partial charge in [-0.1, -0.05) is 18.2 Å². The van der Waals surface area contributed by atoms with Crippen LogP contribution < -0.4 is 15.6 Å². The molecule has 0 saturated carbocycles. The number of hydrogen-bond acceptors (Lipinski definition) is 7. The summed E-state index contributed by atoms with van der Waals surface area (Å²) in [6, 6.07) is 17.9. The van der Waals surface area contributed by atoms with Gasteiger partial charge in [-0.2, -0.15) is 0 Å². The third-order valence-electron chi connectivity index (χ3n) is 5.58. The van der Waals surface area contributed by atoms with Gasteiger partial charge in [-0.3, -0.25) is 9.79 Å². The second-order valence-corrected chi connectivity index (χ2v) is 8.29. The summed E-state index contributed by atoms with van der Waals surface area (Å²) < 4.78 is 0. The minimum absolute atomic E-state index is 0.588. The maximum absolute atomic E-state index is 10.7. The molecule has 2 aromatic carbocycles. The number of pyridine rings is 1. The lowest BCUT2D eigenvalue weighted by molar-refractivity contribution is 0.112. The molecule has 7 heteroatoms. The highest BCUT2D eigenvalue weighted by Gasteiger charge is 2.22. The maximum Gasteiger partial charge on any atom is 0.180 e. The molecule has 0 spiro atoms. The van der Waals surface area contributed by atoms with Crippen LogP contribution in [0.15, 0.2) is 65.8 Å². The standard InChI is InChI=1S/C17H16N2O2.C9H13N3/c1-12-10-13(11-20)7-8-15(12)19-21-16-6-2-4-14-5-3-9-18-17(14)16;1-12-6-8(7-12)11-9-4-2-3-5-10-9/h2,4,6-11,19H,3,5H2,1H3;2-5,8H,6-7H2,1H3,(H,10,11). The number of carbonyl (C=O) groups excluding carboxylic acids is 1. The number of hydrogen-bond donors (Lipinski definition) is 2. The van der Waals surface area contributed by atoms with Crippen LogP contribution in [-0.4, -0.2) is 48.6 Å². The van der Waals surface area contributed by atoms with E-state index in [1.165, 1.54) is 5.56 Å². The fourth-order valence-electron chi connectivity index (χ4n) is 3.81. The van der Waals surface area contributed by atoms with Crippen molar-refractivity contribution in [2.75, 3.05) is 30.9 Å². The third-order valence-corrected chi connectivity index (χ3v) is 5.58. The summed E-state index contributed by atoms with van der Waals surface area (Å²) in [4.78, 5) is 27.3. The molecule has 3 aromatic rings. The number of likely N-dealkylation sites (N-methyl/N-ethyl adjacent to an activating group) is 1. The van der Waals surface area contributed by atoms with Gasteiger partial charge in [-0.25, -0.2) is 10.5 Å². The second kappa shape index (κ2) is 10.7. The monoisotopic (exact) mass is 443 g/mol. The van der Waals surface area contributed by atoms with Crippen LogP contribution in [0.25, 0.3) is 0 Å². The number of nitrogens with one attached hydrogen (secondary N) is 2. The van der Waals surface area contributed by atoms with Gasteiger partial charge in [-0.05, 0) is 74.3 Å². The molecule has 2 aliphatic heterocycles. The molecule has 7 nitrogen and oxygen atoms in total. The number of nitrogens with zero attached hydrogens (tertiary/aromatic N) is 3. The van der Waals surface area contributed by atoms with Gasteiger partial charge in [0.05, 0.1) is 11.7 Å². The second-order valence-electron chi connectivity index (χ2n) is 8.29. The van der Waals surface area contributed by atoms with Gasteiger partial charge in [0.2, 0.25) is 0 Å². The van der Waals surface area contributed by atoms with E-state index in [1.807, 2.05) is 61.8 Å². The SMILES string of the molecule is CN1CC(Nc2ccccn2)C1.Cc1cc(C=O)ccc1NOc1cccc2c1N=CCC2. The van der Waals surface area contributed by atoms with E-state index < -0.39 is 0 Å². The zero-order valence-electron chi connectivity index (χ0n) is 19.0. The largest absolute Gasteiger partial charge is 0.380 e. The number of aryl methyl sites for hydroxylation is 2. The zero-order chi connectivity index (χ0) is 23.0. The van der Waals surface area contributed by atoms with E-state index in [0.717, 1.165) is 55.0 Å². The number of benzene rings is 2. The van der Waals surface area contributed by atoms with E-state index in [4.69, 9.17) is 4.84 Å². The van der Waals surface area contributed by atoms with Crippen molar-refractivity contribution in [2.24, 2.45) is 4.99 Å². The summed E-state index contributed by atoms with van der Waals surface area (Å²) in [6.45, 7) is 4.17. The fourth-order valence-corrected chi connectivity index (χ4v) is 3.81. The number of aldehydes is 1. The van der Waals surface area contributed by atoms with Crippen LogP contribution in [0.1, 0.15) is 27.9 Å². The van der Waals surface area contributed by atoms with Crippen molar-refractivity contribution >= 4 is 29.7 Å². The lowest BCUT2D eigenvalue weighted by Crippen LogP contribution is -2.52. The predicted molar refractivity (Wildman–Crippen MR) is 133 cm³/mol. The van der Waals surface area contributed by atoms with Crippen molar-refractivity contribution in [3.05, 3.63) is 77.5 Å². The van der Waals surface area contributed by atoms with Crippen LogP contribution in [-0.2, 0) is 6.42 Å². The Morgan fingerprint density at radius 1 is 1.12 bits per heavy atom. The zero-order valence-corrected chi connectivity index (χ0v) is 19.0. The summed E-state index contributed by atoms with van der Waals surface area (Å²) in [6.07, 6.45) is 6.52. The average Bonchev–Trinajstić information content (AvgIpc) is 2.83. The Hall–Kier alpha value is -3.71. The van der Waals surface area contributed by atoms with Crippen LogP contribution >= 0.6 is 0 Å². The van der Waals surface area contributed by atoms with Gasteiger partial charge in [0.25, 0.3) is 0 Å². The molecule has 3 heterocycles. The third kappa shape index (κ3) is 5.96. The minimum atomic E-state index is 0.588. The summed E-state index contributed by atoms with van der Waals surface area (Å²) in [5.41, 5.74) is 7.46. The van der Waals surface area contributed by atoms with Crippen molar-refractivity contribution in [2.45, 2.75) is 25.8 Å². The van der Waals surface area contributed by atoms with E-state index in [2.05, 4.69) is 38.8 Å². The van der Waals surface area contributed by atoms with Crippen molar-refractivity contribution in [1.82, 2.24) is 9.88 Å². The van der Waals surface area contributed by atoms with Gasteiger partial charge in [-0.15, -0.1) is 0 Å². The first-order valence-electron chi connectivity index (χ1n) is 11.1. The van der Waals surface area contributed by atoms with E-state index in [0.29, 0.717) is 17.4 Å². The summed E-state index contributed by atoms with van der Waals surface area (Å²) in [5.74, 6) is 1.69. The number of para-hydroxylation sites is 1. The highest BCUT2D eigenvalue weighted by atomic mass is 16.6. The van der Waals surface area contributed by atoms with Crippen molar-refractivity contribution < 1.29 is 9.63 Å². The molecule has 1 aromatic heterocycles. The molecule has 2 N–H and O–H groups in total. The molecule has 33 heavy (non-hydrogen) atoms. The highest BCUT2D eigenvalue weighted by Crippen LogP contribution is 2.34.